The van der Waals surface area contributed by atoms with Crippen LogP contribution in [-0.4, -0.2) is 5.91 Å². The fourth-order valence-corrected chi connectivity index (χ4v) is 2.92. The van der Waals surface area contributed by atoms with Crippen LogP contribution in [0.15, 0.2) is 54.6 Å². The summed E-state index contributed by atoms with van der Waals surface area (Å²) in [4.78, 5) is 12.3. The number of hydrogen-bond donors (Lipinski definition) is 1. The molecule has 0 fully saturated rings. The molecule has 0 heterocycles. The van der Waals surface area contributed by atoms with Crippen LogP contribution in [0, 0.1) is 5.92 Å². The van der Waals surface area contributed by atoms with Crippen molar-refractivity contribution in [1.29, 1.82) is 0 Å². The normalized spacial score (nSPS) is 19.4. The molecule has 108 valence electrons. The number of carbonyl (C=O) groups is 1. The minimum absolute atomic E-state index is 0.0491. The highest BCUT2D eigenvalue weighted by molar-refractivity contribution is 5.83. The van der Waals surface area contributed by atoms with E-state index >= 15 is 0 Å². The Bertz CT molecular complexity index is 674. The van der Waals surface area contributed by atoms with Crippen molar-refractivity contribution in [1.82, 2.24) is 5.32 Å². The lowest BCUT2D eigenvalue weighted by molar-refractivity contribution is -0.125. The Balaban J connectivity index is 1.72. The molecule has 0 bridgehead atoms. The molecule has 0 saturated carbocycles. The zero-order chi connectivity index (χ0) is 14.7. The largest absolute Gasteiger partial charge is 0.349 e. The molecular formula is C19H21NO. The molecule has 0 saturated heterocycles. The van der Waals surface area contributed by atoms with Crippen LogP contribution in [0.2, 0.25) is 0 Å². The highest BCUT2D eigenvalue weighted by Gasteiger charge is 2.20. The van der Waals surface area contributed by atoms with Gasteiger partial charge in [0.25, 0.3) is 0 Å². The fraction of sp³-hybridized carbons (Fsp3) is 0.316. The van der Waals surface area contributed by atoms with Gasteiger partial charge in [0.15, 0.2) is 0 Å². The summed E-state index contributed by atoms with van der Waals surface area (Å²) < 4.78 is 0. The molecule has 2 atom stereocenters. The van der Waals surface area contributed by atoms with Crippen LogP contribution >= 0.6 is 0 Å². The fourth-order valence-electron chi connectivity index (χ4n) is 2.92. The summed E-state index contributed by atoms with van der Waals surface area (Å²) in [6.07, 6.45) is 7.14. The second-order valence-electron chi connectivity index (χ2n) is 5.82. The van der Waals surface area contributed by atoms with Gasteiger partial charge in [-0.1, -0.05) is 48.6 Å². The molecule has 2 nitrogen and oxygen atoms in total. The third kappa shape index (κ3) is 3.15. The summed E-state index contributed by atoms with van der Waals surface area (Å²) in [5, 5.41) is 5.61. The zero-order valence-electron chi connectivity index (χ0n) is 12.4. The molecule has 1 aliphatic rings. The van der Waals surface area contributed by atoms with Crippen molar-refractivity contribution in [3.05, 3.63) is 60.2 Å². The van der Waals surface area contributed by atoms with Crippen LogP contribution in [0.25, 0.3) is 10.8 Å². The van der Waals surface area contributed by atoms with E-state index in [0.717, 1.165) is 24.8 Å². The monoisotopic (exact) mass is 279 g/mol. The Kier molecular flexibility index (Phi) is 4.05. The Morgan fingerprint density at radius 2 is 1.95 bits per heavy atom. The minimum atomic E-state index is 0.0491. The molecule has 0 spiro atoms. The van der Waals surface area contributed by atoms with Gasteiger partial charge in [-0.15, -0.1) is 0 Å². The Labute approximate surface area is 125 Å². The molecule has 0 aromatic heterocycles. The maximum Gasteiger partial charge on any atom is 0.223 e. The van der Waals surface area contributed by atoms with Crippen LogP contribution in [0.3, 0.4) is 0 Å². The van der Waals surface area contributed by atoms with Crippen LogP contribution in [0.4, 0.5) is 0 Å². The van der Waals surface area contributed by atoms with Gasteiger partial charge in [-0.3, -0.25) is 4.79 Å². The highest BCUT2D eigenvalue weighted by atomic mass is 16.1. The predicted molar refractivity (Wildman–Crippen MR) is 87.0 cm³/mol. The van der Waals surface area contributed by atoms with E-state index in [1.807, 2.05) is 12.1 Å². The van der Waals surface area contributed by atoms with Crippen molar-refractivity contribution in [2.24, 2.45) is 5.92 Å². The Morgan fingerprint density at radius 1 is 1.14 bits per heavy atom. The number of hydrogen-bond acceptors (Lipinski definition) is 1. The molecule has 2 aromatic carbocycles. The molecule has 1 aliphatic carbocycles. The van der Waals surface area contributed by atoms with Crippen molar-refractivity contribution in [2.45, 2.75) is 32.2 Å². The van der Waals surface area contributed by atoms with Gasteiger partial charge < -0.3 is 5.32 Å². The first kappa shape index (κ1) is 13.9. The molecule has 0 radical (unpaired) electrons. The first-order valence-corrected chi connectivity index (χ1v) is 7.68. The molecule has 1 amide bonds. The summed E-state index contributed by atoms with van der Waals surface area (Å²) >= 11 is 0. The predicted octanol–water partition coefficient (Wildman–Crippen LogP) is 4.37. The average molecular weight is 279 g/mol. The van der Waals surface area contributed by atoms with Gasteiger partial charge in [0, 0.05) is 5.92 Å². The van der Waals surface area contributed by atoms with E-state index in [0.29, 0.717) is 0 Å². The van der Waals surface area contributed by atoms with Crippen molar-refractivity contribution < 1.29 is 4.79 Å². The van der Waals surface area contributed by atoms with E-state index in [4.69, 9.17) is 0 Å². The molecule has 2 aromatic rings. The van der Waals surface area contributed by atoms with E-state index in [1.54, 1.807) is 0 Å². The zero-order valence-corrected chi connectivity index (χ0v) is 12.4. The molecule has 1 N–H and O–H groups in total. The Morgan fingerprint density at radius 3 is 2.71 bits per heavy atom. The standard InChI is InChI=1S/C19H21NO/c1-14(20-19(21)16-8-3-2-4-9-16)17-12-11-15-7-5-6-10-18(15)13-17/h2-3,5-7,10-14,16H,4,8-9H2,1H3,(H,20,21). The van der Waals surface area contributed by atoms with Gasteiger partial charge in [-0.25, -0.2) is 0 Å². The lowest BCUT2D eigenvalue weighted by Gasteiger charge is -2.21. The smallest absolute Gasteiger partial charge is 0.223 e. The van der Waals surface area contributed by atoms with Gasteiger partial charge in [0.05, 0.1) is 6.04 Å². The number of fused-ring (bicyclic) bond motifs is 1. The van der Waals surface area contributed by atoms with Crippen molar-refractivity contribution in [3.8, 4) is 0 Å². The van der Waals surface area contributed by atoms with Gasteiger partial charge in [0.1, 0.15) is 0 Å². The summed E-state index contributed by atoms with van der Waals surface area (Å²) in [6, 6.07) is 14.8. The second kappa shape index (κ2) is 6.13. The first-order valence-electron chi connectivity index (χ1n) is 7.68. The van der Waals surface area contributed by atoms with E-state index < -0.39 is 0 Å². The van der Waals surface area contributed by atoms with E-state index in [2.05, 4.69) is 54.7 Å². The molecular weight excluding hydrogens is 258 g/mol. The average Bonchev–Trinajstić information content (AvgIpc) is 2.55. The quantitative estimate of drug-likeness (QED) is 0.830. The lowest BCUT2D eigenvalue weighted by atomic mass is 9.93. The van der Waals surface area contributed by atoms with Gasteiger partial charge in [-0.2, -0.15) is 0 Å². The number of nitrogens with one attached hydrogen (secondary N) is 1. The molecule has 21 heavy (non-hydrogen) atoms. The molecule has 3 rings (SSSR count). The number of rotatable bonds is 3. The van der Waals surface area contributed by atoms with Crippen molar-refractivity contribution in [3.63, 3.8) is 0 Å². The van der Waals surface area contributed by atoms with Crippen molar-refractivity contribution in [2.75, 3.05) is 0 Å². The molecule has 2 unspecified atom stereocenters. The first-order chi connectivity index (χ1) is 10.2. The lowest BCUT2D eigenvalue weighted by Crippen LogP contribution is -2.33. The number of benzene rings is 2. The highest BCUT2D eigenvalue weighted by Crippen LogP contribution is 2.22. The number of allylic oxidation sites excluding steroid dienone is 2. The van der Waals surface area contributed by atoms with Gasteiger partial charge >= 0.3 is 0 Å². The van der Waals surface area contributed by atoms with Crippen LogP contribution < -0.4 is 5.32 Å². The summed E-state index contributed by atoms with van der Waals surface area (Å²) in [7, 11) is 0. The maximum atomic E-state index is 12.3. The van der Waals surface area contributed by atoms with E-state index in [-0.39, 0.29) is 17.9 Å². The molecule has 0 aliphatic heterocycles. The summed E-state index contributed by atoms with van der Waals surface area (Å²) in [5.41, 5.74) is 1.16. The van der Waals surface area contributed by atoms with Gasteiger partial charge in [0.2, 0.25) is 5.91 Å². The summed E-state index contributed by atoms with van der Waals surface area (Å²) in [5.74, 6) is 0.318. The second-order valence-corrected chi connectivity index (χ2v) is 5.82. The third-order valence-electron chi connectivity index (χ3n) is 4.27. The topological polar surface area (TPSA) is 29.1 Å². The van der Waals surface area contributed by atoms with Crippen molar-refractivity contribution >= 4 is 16.7 Å². The number of carbonyl (C=O) groups excluding carboxylic acids is 1. The summed E-state index contributed by atoms with van der Waals surface area (Å²) in [6.45, 7) is 2.06. The van der Waals surface area contributed by atoms with Crippen LogP contribution in [0.1, 0.15) is 37.8 Å². The SMILES string of the molecule is CC(NC(=O)C1CC=CCC1)c1ccc2ccccc2c1. The van der Waals surface area contributed by atoms with Gasteiger partial charge in [-0.05, 0) is 48.6 Å². The third-order valence-corrected chi connectivity index (χ3v) is 4.27. The van der Waals surface area contributed by atoms with Crippen LogP contribution in [-0.2, 0) is 4.79 Å². The van der Waals surface area contributed by atoms with E-state index in [1.165, 1.54) is 10.8 Å². The van der Waals surface area contributed by atoms with E-state index in [9.17, 15) is 4.79 Å². The Hall–Kier alpha value is -2.09. The molecule has 2 heteroatoms. The maximum absolute atomic E-state index is 12.3. The number of amides is 1. The van der Waals surface area contributed by atoms with Crippen LogP contribution in [0.5, 0.6) is 0 Å². The minimum Gasteiger partial charge on any atom is -0.349 e.